The van der Waals surface area contributed by atoms with Crippen molar-refractivity contribution in [1.82, 2.24) is 0 Å². The summed E-state index contributed by atoms with van der Waals surface area (Å²) in [5, 5.41) is 8.18. The first-order chi connectivity index (χ1) is 30.0. The molecule has 0 radical (unpaired) electrons. The Hall–Kier alpha value is -6.59. The number of benzene rings is 9. The summed E-state index contributed by atoms with van der Waals surface area (Å²) in [6.45, 7) is 14.9. The first-order valence-corrected chi connectivity index (χ1v) is 28.9. The van der Waals surface area contributed by atoms with Crippen LogP contribution in [0.3, 0.4) is 0 Å². The topological polar surface area (TPSA) is 0 Å². The van der Waals surface area contributed by atoms with E-state index in [9.17, 15) is 0 Å². The second kappa shape index (κ2) is 17.1. The van der Waals surface area contributed by atoms with Gasteiger partial charge in [0, 0.05) is 0 Å². The van der Waals surface area contributed by atoms with Gasteiger partial charge >= 0.3 is 0 Å². The van der Waals surface area contributed by atoms with E-state index in [1.807, 2.05) is 0 Å². The maximum atomic E-state index is 2.48. The largest absolute Gasteiger partial charge is 0.0784 e. The van der Waals surface area contributed by atoms with E-state index in [2.05, 4.69) is 258 Å². The highest BCUT2D eigenvalue weighted by atomic mass is 28.3. The van der Waals surface area contributed by atoms with Gasteiger partial charge in [-0.3, -0.25) is 0 Å². The quantitative estimate of drug-likeness (QED) is 0.0732. The lowest BCUT2D eigenvalue weighted by atomic mass is 9.83. The van der Waals surface area contributed by atoms with E-state index < -0.39 is 16.1 Å². The molecular weight excluding hydrogens is 777 g/mol. The van der Waals surface area contributed by atoms with E-state index in [0.717, 1.165) is 0 Å². The predicted molar refractivity (Wildman–Crippen MR) is 280 cm³/mol. The molecule has 302 valence electrons. The molecule has 2 heteroatoms. The van der Waals surface area contributed by atoms with Crippen molar-refractivity contribution < 1.29 is 0 Å². The van der Waals surface area contributed by atoms with Gasteiger partial charge in [0.25, 0.3) is 0 Å². The van der Waals surface area contributed by atoms with Crippen LogP contribution in [0.15, 0.2) is 194 Å². The molecule has 9 rings (SSSR count). The molecule has 0 N–H and O–H groups in total. The van der Waals surface area contributed by atoms with E-state index in [1.54, 1.807) is 0 Å². The summed E-state index contributed by atoms with van der Waals surface area (Å²) < 4.78 is 0. The van der Waals surface area contributed by atoms with Gasteiger partial charge in [-0.1, -0.05) is 256 Å². The van der Waals surface area contributed by atoms with E-state index in [-0.39, 0.29) is 0 Å². The zero-order valence-electron chi connectivity index (χ0n) is 36.8. The minimum Gasteiger partial charge on any atom is -0.0656 e. The first kappa shape index (κ1) is 40.8. The van der Waals surface area contributed by atoms with Gasteiger partial charge in [-0.05, 0) is 100 Å². The smallest absolute Gasteiger partial charge is 0.0656 e. The predicted octanol–water partition coefficient (Wildman–Crippen LogP) is 16.1. The monoisotopic (exact) mass is 830 g/mol. The molecule has 9 aromatic carbocycles. The van der Waals surface area contributed by atoms with Crippen LogP contribution >= 0.6 is 0 Å². The average molecular weight is 831 g/mol. The Bertz CT molecular complexity index is 2870. The van der Waals surface area contributed by atoms with Crippen molar-refractivity contribution in [2.45, 2.75) is 39.3 Å². The zero-order valence-corrected chi connectivity index (χ0v) is 38.8. The van der Waals surface area contributed by atoms with Crippen LogP contribution in [0.4, 0.5) is 0 Å². The highest BCUT2D eigenvalue weighted by Crippen LogP contribution is 2.46. The molecule has 0 atom stereocenters. The zero-order chi connectivity index (χ0) is 42.8. The fraction of sp³-hybridized carbons (Fsp3) is 0.100. The van der Waals surface area contributed by atoms with Gasteiger partial charge in [-0.15, -0.1) is 0 Å². The lowest BCUT2D eigenvalue weighted by Crippen LogP contribution is -2.39. The third-order valence-corrected chi connectivity index (χ3v) is 16.3. The average Bonchev–Trinajstić information content (AvgIpc) is 3.29. The minimum absolute atomic E-state index is 1.19. The van der Waals surface area contributed by atoms with Crippen molar-refractivity contribution >= 4 is 72.4 Å². The maximum Gasteiger partial charge on any atom is 0.0784 e. The van der Waals surface area contributed by atoms with Crippen LogP contribution in [-0.2, 0) is 0 Å². The normalized spacial score (nSPS) is 12.2. The molecule has 0 spiro atoms. The molecule has 0 aliphatic heterocycles. The highest BCUT2D eigenvalue weighted by molar-refractivity contribution is 6.90. The molecule has 0 heterocycles. The molecule has 62 heavy (non-hydrogen) atoms. The minimum atomic E-state index is -1.77. The highest BCUT2D eigenvalue weighted by Gasteiger charge is 2.27. The Labute approximate surface area is 370 Å². The Morgan fingerprint density at radius 3 is 0.935 bits per heavy atom. The van der Waals surface area contributed by atoms with Gasteiger partial charge in [0.15, 0.2) is 0 Å². The van der Waals surface area contributed by atoms with Gasteiger partial charge in [0.1, 0.15) is 0 Å². The molecule has 9 aromatic rings. The summed E-state index contributed by atoms with van der Waals surface area (Å²) in [6, 6.07) is 72.1. The van der Waals surface area contributed by atoms with Gasteiger partial charge in [-0.2, -0.15) is 0 Å². The Balaban J connectivity index is 1.28. The Morgan fingerprint density at radius 1 is 0.274 bits per heavy atom. The van der Waals surface area contributed by atoms with E-state index >= 15 is 0 Å². The van der Waals surface area contributed by atoms with Crippen LogP contribution < -0.4 is 10.4 Å². The molecule has 0 amide bonds. The molecular formula is C60H54Si2. The van der Waals surface area contributed by atoms with E-state index in [0.29, 0.717) is 0 Å². The van der Waals surface area contributed by atoms with Crippen LogP contribution in [0.25, 0.3) is 90.4 Å². The maximum absolute atomic E-state index is 2.48. The lowest BCUT2D eigenvalue weighted by molar-refractivity contribution is 1.60. The van der Waals surface area contributed by atoms with Gasteiger partial charge in [0.05, 0.1) is 16.1 Å². The van der Waals surface area contributed by atoms with Gasteiger partial charge in [-0.25, -0.2) is 0 Å². The van der Waals surface area contributed by atoms with Crippen LogP contribution in [-0.4, -0.2) is 16.1 Å². The number of fused-ring (bicyclic) bond motifs is 2. The van der Waals surface area contributed by atoms with Crippen molar-refractivity contribution in [2.24, 2.45) is 0 Å². The third kappa shape index (κ3) is 8.50. The second-order valence-corrected chi connectivity index (χ2v) is 28.7. The van der Waals surface area contributed by atoms with Crippen LogP contribution in [0.2, 0.25) is 39.3 Å². The van der Waals surface area contributed by atoms with Crippen LogP contribution in [0, 0.1) is 0 Å². The first-order valence-electron chi connectivity index (χ1n) is 21.9. The van der Waals surface area contributed by atoms with E-state index in [1.165, 1.54) is 98.7 Å². The van der Waals surface area contributed by atoms with Crippen LogP contribution in [0.5, 0.6) is 0 Å². The fourth-order valence-corrected chi connectivity index (χ4v) is 12.2. The fourth-order valence-electron chi connectivity index (χ4n) is 8.96. The van der Waals surface area contributed by atoms with Crippen molar-refractivity contribution in [1.29, 1.82) is 0 Å². The summed E-state index contributed by atoms with van der Waals surface area (Å²) in [6.07, 6.45) is 8.77. The number of hydrogen-bond donors (Lipinski definition) is 0. The number of rotatable bonds is 10. The molecule has 0 saturated heterocycles. The summed E-state index contributed by atoms with van der Waals surface area (Å²) in [5.74, 6) is 0. The molecule has 0 unspecified atom stereocenters. The Kier molecular flexibility index (Phi) is 11.2. The molecule has 0 bridgehead atoms. The lowest BCUT2D eigenvalue weighted by Gasteiger charge is -2.27. The molecule has 0 fully saturated rings. The third-order valence-electron chi connectivity index (χ3n) is 12.1. The van der Waals surface area contributed by atoms with E-state index in [4.69, 9.17) is 0 Å². The summed E-state index contributed by atoms with van der Waals surface area (Å²) in [7, 11) is -3.53. The van der Waals surface area contributed by atoms with Gasteiger partial charge in [0.2, 0.25) is 0 Å². The van der Waals surface area contributed by atoms with Gasteiger partial charge < -0.3 is 0 Å². The second-order valence-electron chi connectivity index (χ2n) is 18.6. The van der Waals surface area contributed by atoms with Crippen molar-refractivity contribution in [2.75, 3.05) is 0 Å². The van der Waals surface area contributed by atoms with Crippen molar-refractivity contribution in [3.05, 3.63) is 216 Å². The standard InChI is InChI=1S/C60H54Si2/c1-61(2,3)57-23-15-13-21-53(57)59-51-39-37-50(48-35-31-46(32-36-48)28-26-44-19-11-8-12-20-44)42-56(51)60(54-22-14-16-24-58(54)62(4,5)6)52-40-38-49(41-55(52)59)47-33-29-45(30-34-47)27-25-43-17-9-7-10-18-43/h7-42H,1-6H3/b27-25+,28-26+. The SMILES string of the molecule is C[Si](C)(C)c1ccccc1-c1c2ccc(-c3ccc(/C=C/c4ccccc4)cc3)cc2c(-c2ccccc2[Si](C)(C)C)c2ccc(-c3ccc(/C=C/c4ccccc4)cc3)cc12. The van der Waals surface area contributed by atoms with Crippen LogP contribution in [0.1, 0.15) is 22.3 Å². The molecule has 0 aliphatic carbocycles. The van der Waals surface area contributed by atoms with Crippen molar-refractivity contribution in [3.8, 4) is 44.5 Å². The summed E-state index contributed by atoms with van der Waals surface area (Å²) in [5.41, 5.74) is 15.0. The molecule has 0 nitrogen and oxygen atoms in total. The summed E-state index contributed by atoms with van der Waals surface area (Å²) >= 11 is 0. The summed E-state index contributed by atoms with van der Waals surface area (Å²) in [4.78, 5) is 0. The van der Waals surface area contributed by atoms with Crippen molar-refractivity contribution in [3.63, 3.8) is 0 Å². The number of hydrogen-bond acceptors (Lipinski definition) is 0. The molecule has 0 saturated carbocycles. The molecule has 0 aliphatic rings. The Morgan fingerprint density at radius 2 is 0.581 bits per heavy atom. The molecule has 0 aromatic heterocycles.